The van der Waals surface area contributed by atoms with Gasteiger partial charge < -0.3 is 15.2 Å². The molecular weight excluding hydrogens is 433 g/mol. The molecule has 0 heterocycles. The highest BCUT2D eigenvalue weighted by Crippen LogP contribution is 2.23. The number of aryl methyl sites for hydroxylation is 1. The number of nitrogens with one attached hydrogen (secondary N) is 1. The summed E-state index contributed by atoms with van der Waals surface area (Å²) in [6.45, 7) is 0.526. The molecule has 172 valence electrons. The molecule has 4 aromatic carbocycles. The fraction of sp³-hybridized carbons (Fsp3) is 0.143. The van der Waals surface area contributed by atoms with Crippen molar-refractivity contribution in [2.75, 3.05) is 0 Å². The highest BCUT2D eigenvalue weighted by Gasteiger charge is 2.13. The fourth-order valence-corrected chi connectivity index (χ4v) is 3.74. The molecule has 6 heteroatoms. The second kappa shape index (κ2) is 10.6. The largest absolute Gasteiger partial charge is 0.488 e. The van der Waals surface area contributed by atoms with Crippen molar-refractivity contribution in [3.63, 3.8) is 0 Å². The Morgan fingerprint density at radius 3 is 2.26 bits per heavy atom. The number of amides is 1. The molecule has 0 fully saturated rings. The van der Waals surface area contributed by atoms with Gasteiger partial charge in [0, 0.05) is 18.4 Å². The number of hydrogen-bond donors (Lipinski definition) is 2. The number of ether oxygens (including phenoxy) is 1. The van der Waals surface area contributed by atoms with Gasteiger partial charge in [-0.15, -0.1) is 0 Å². The lowest BCUT2D eigenvalue weighted by Gasteiger charge is -2.13. The first-order chi connectivity index (χ1) is 16.5. The van der Waals surface area contributed by atoms with E-state index in [1.165, 1.54) is 6.07 Å². The van der Waals surface area contributed by atoms with Crippen LogP contribution in [0.5, 0.6) is 5.75 Å². The number of benzene rings is 4. The minimum Gasteiger partial charge on any atom is -0.488 e. The Balaban J connectivity index is 1.41. The van der Waals surface area contributed by atoms with E-state index in [-0.39, 0.29) is 31.3 Å². The first kappa shape index (κ1) is 23.0. The lowest BCUT2D eigenvalue weighted by Crippen LogP contribution is -2.23. The van der Waals surface area contributed by atoms with Gasteiger partial charge in [0.25, 0.3) is 5.91 Å². The second-order valence-electron chi connectivity index (χ2n) is 7.93. The van der Waals surface area contributed by atoms with E-state index in [0.29, 0.717) is 23.1 Å². The smallest absolute Gasteiger partial charge is 0.303 e. The van der Waals surface area contributed by atoms with E-state index in [1.807, 2.05) is 36.4 Å². The first-order valence-electron chi connectivity index (χ1n) is 11.0. The van der Waals surface area contributed by atoms with Crippen molar-refractivity contribution in [3.05, 3.63) is 113 Å². The van der Waals surface area contributed by atoms with Gasteiger partial charge in [0.15, 0.2) is 0 Å². The number of carboxylic acids is 1. The Morgan fingerprint density at radius 1 is 0.824 bits per heavy atom. The molecule has 4 aromatic rings. The van der Waals surface area contributed by atoms with Crippen molar-refractivity contribution in [2.24, 2.45) is 0 Å². The minimum absolute atomic E-state index is 0.0893. The van der Waals surface area contributed by atoms with Gasteiger partial charge in [-0.1, -0.05) is 66.7 Å². The molecule has 0 saturated carbocycles. The van der Waals surface area contributed by atoms with Gasteiger partial charge in [-0.05, 0) is 46.7 Å². The number of aliphatic carboxylic acids is 1. The van der Waals surface area contributed by atoms with Crippen molar-refractivity contribution < 1.29 is 23.8 Å². The van der Waals surface area contributed by atoms with Crippen LogP contribution in [-0.4, -0.2) is 17.0 Å². The SMILES string of the molecule is O=C(O)CCc1ccc(COc2ccccc2C(=O)NCc2ccc(F)c3ccccc23)cc1. The molecule has 1 amide bonds. The van der Waals surface area contributed by atoms with Crippen molar-refractivity contribution >= 4 is 22.6 Å². The summed E-state index contributed by atoms with van der Waals surface area (Å²) in [5, 5.41) is 13.0. The predicted molar refractivity (Wildman–Crippen MR) is 128 cm³/mol. The molecule has 0 saturated heterocycles. The maximum absolute atomic E-state index is 14.1. The van der Waals surface area contributed by atoms with Crippen LogP contribution in [0.1, 0.15) is 33.5 Å². The Morgan fingerprint density at radius 2 is 1.50 bits per heavy atom. The third kappa shape index (κ3) is 5.59. The van der Waals surface area contributed by atoms with E-state index in [0.717, 1.165) is 22.1 Å². The summed E-state index contributed by atoms with van der Waals surface area (Å²) in [5.41, 5.74) is 3.09. The highest BCUT2D eigenvalue weighted by atomic mass is 19.1. The molecule has 5 nitrogen and oxygen atoms in total. The van der Waals surface area contributed by atoms with Crippen molar-refractivity contribution in [3.8, 4) is 5.75 Å². The molecule has 0 unspecified atom stereocenters. The summed E-state index contributed by atoms with van der Waals surface area (Å²) in [4.78, 5) is 23.6. The number of carboxylic acid groups (broad SMARTS) is 1. The van der Waals surface area contributed by atoms with Crippen LogP contribution in [0.2, 0.25) is 0 Å². The highest BCUT2D eigenvalue weighted by molar-refractivity contribution is 5.97. The number of halogens is 1. The quantitative estimate of drug-likeness (QED) is 0.348. The minimum atomic E-state index is -0.824. The van der Waals surface area contributed by atoms with Crippen LogP contribution in [0.3, 0.4) is 0 Å². The Kier molecular flexibility index (Phi) is 7.18. The lowest BCUT2D eigenvalue weighted by atomic mass is 10.0. The monoisotopic (exact) mass is 457 g/mol. The molecule has 0 aliphatic rings. The van der Waals surface area contributed by atoms with E-state index >= 15 is 0 Å². The van der Waals surface area contributed by atoms with E-state index in [2.05, 4.69) is 5.32 Å². The molecule has 34 heavy (non-hydrogen) atoms. The average Bonchev–Trinajstić information content (AvgIpc) is 2.86. The van der Waals surface area contributed by atoms with Gasteiger partial charge in [-0.2, -0.15) is 0 Å². The second-order valence-corrected chi connectivity index (χ2v) is 7.93. The molecular formula is C28H24FNO4. The normalized spacial score (nSPS) is 10.7. The predicted octanol–water partition coefficient (Wildman–Crippen LogP) is 5.51. The Hall–Kier alpha value is -4.19. The van der Waals surface area contributed by atoms with Gasteiger partial charge in [0.05, 0.1) is 5.56 Å². The average molecular weight is 458 g/mol. The number of fused-ring (bicyclic) bond motifs is 1. The summed E-state index contributed by atoms with van der Waals surface area (Å²) >= 11 is 0. The van der Waals surface area contributed by atoms with Crippen LogP contribution in [0, 0.1) is 5.82 Å². The molecule has 0 radical (unpaired) electrons. The molecule has 0 aliphatic heterocycles. The van der Waals surface area contributed by atoms with Gasteiger partial charge >= 0.3 is 5.97 Å². The van der Waals surface area contributed by atoms with Crippen LogP contribution in [0.4, 0.5) is 4.39 Å². The van der Waals surface area contributed by atoms with Gasteiger partial charge in [-0.3, -0.25) is 9.59 Å². The third-order valence-corrected chi connectivity index (χ3v) is 5.58. The van der Waals surface area contributed by atoms with Crippen molar-refractivity contribution in [1.82, 2.24) is 5.32 Å². The third-order valence-electron chi connectivity index (χ3n) is 5.58. The number of carbonyl (C=O) groups is 2. The molecule has 0 aliphatic carbocycles. The summed E-state index contributed by atoms with van der Waals surface area (Å²) in [6, 6.07) is 24.8. The summed E-state index contributed by atoms with van der Waals surface area (Å²) in [7, 11) is 0. The Labute approximate surface area is 196 Å². The van der Waals surface area contributed by atoms with E-state index in [4.69, 9.17) is 9.84 Å². The number of rotatable bonds is 9. The van der Waals surface area contributed by atoms with Crippen LogP contribution in [0.25, 0.3) is 10.8 Å². The van der Waals surface area contributed by atoms with Crippen LogP contribution < -0.4 is 10.1 Å². The van der Waals surface area contributed by atoms with E-state index in [1.54, 1.807) is 42.5 Å². The maximum atomic E-state index is 14.1. The van der Waals surface area contributed by atoms with Crippen LogP contribution in [0.15, 0.2) is 84.9 Å². The Bertz CT molecular complexity index is 1320. The molecule has 0 aromatic heterocycles. The van der Waals surface area contributed by atoms with Gasteiger partial charge in [-0.25, -0.2) is 4.39 Å². The summed E-state index contributed by atoms with van der Waals surface area (Å²) in [5.74, 6) is -0.943. The van der Waals surface area contributed by atoms with Crippen molar-refractivity contribution in [1.29, 1.82) is 0 Å². The van der Waals surface area contributed by atoms with E-state index < -0.39 is 5.97 Å². The number of carbonyl (C=O) groups excluding carboxylic acids is 1. The molecule has 2 N–H and O–H groups in total. The fourth-order valence-electron chi connectivity index (χ4n) is 3.74. The zero-order valence-electron chi connectivity index (χ0n) is 18.5. The standard InChI is InChI=1S/C28H24FNO4/c29-25-15-14-21(22-5-1-2-6-23(22)25)17-30-28(33)24-7-3-4-8-26(24)34-18-20-11-9-19(10-12-20)13-16-27(31)32/h1-12,14-15H,13,16-18H2,(H,30,33)(H,31,32). The zero-order valence-corrected chi connectivity index (χ0v) is 18.5. The van der Waals surface area contributed by atoms with Gasteiger partial charge in [0.2, 0.25) is 0 Å². The number of hydrogen-bond acceptors (Lipinski definition) is 3. The zero-order chi connectivity index (χ0) is 23.9. The maximum Gasteiger partial charge on any atom is 0.303 e. The summed E-state index contributed by atoms with van der Waals surface area (Å²) in [6.07, 6.45) is 0.564. The molecule has 0 spiro atoms. The first-order valence-corrected chi connectivity index (χ1v) is 11.0. The molecule has 4 rings (SSSR count). The van der Waals surface area contributed by atoms with Crippen LogP contribution in [-0.2, 0) is 24.4 Å². The topological polar surface area (TPSA) is 75.6 Å². The lowest BCUT2D eigenvalue weighted by molar-refractivity contribution is -0.136. The van der Waals surface area contributed by atoms with Gasteiger partial charge in [0.1, 0.15) is 18.2 Å². The molecule has 0 bridgehead atoms. The van der Waals surface area contributed by atoms with Crippen molar-refractivity contribution in [2.45, 2.75) is 26.0 Å². The number of para-hydroxylation sites is 1. The van der Waals surface area contributed by atoms with Crippen LogP contribution >= 0.6 is 0 Å². The molecule has 0 atom stereocenters. The van der Waals surface area contributed by atoms with E-state index in [9.17, 15) is 14.0 Å². The summed E-state index contributed by atoms with van der Waals surface area (Å²) < 4.78 is 20.0.